The molecular weight excluding hydrogens is 457 g/mol. The Bertz CT molecular complexity index is 1220. The Morgan fingerprint density at radius 2 is 2.06 bits per heavy atom. The number of β-amino-alcohol motifs (C(OH)–C–C–N with tert-alkyl or cyclic N) is 1. The number of nitrogens with zero attached hydrogens (tertiary/aromatic N) is 4. The Balaban J connectivity index is 1.46. The number of amides is 2. The second-order valence-corrected chi connectivity index (χ2v) is 9.04. The quantitative estimate of drug-likeness (QED) is 0.493. The molecule has 2 N–H and O–H groups in total. The summed E-state index contributed by atoms with van der Waals surface area (Å²) in [5.74, 6) is -1.82. The highest BCUT2D eigenvalue weighted by molar-refractivity contribution is 5.91. The molecule has 2 aromatic heterocycles. The van der Waals surface area contributed by atoms with Crippen LogP contribution in [0.15, 0.2) is 41.1 Å². The first-order valence-corrected chi connectivity index (χ1v) is 11.3. The Hall–Kier alpha value is -3.73. The molecule has 3 atom stereocenters. The molecule has 11 heteroatoms. The van der Waals surface area contributed by atoms with Gasteiger partial charge in [-0.25, -0.2) is 4.39 Å². The van der Waals surface area contributed by atoms with Gasteiger partial charge in [-0.1, -0.05) is 19.0 Å². The fourth-order valence-electron chi connectivity index (χ4n) is 4.33. The highest BCUT2D eigenvalue weighted by atomic mass is 19.1. The van der Waals surface area contributed by atoms with Crippen LogP contribution in [0.5, 0.6) is 5.75 Å². The highest BCUT2D eigenvalue weighted by Gasteiger charge is 2.43. The maximum atomic E-state index is 14.6. The normalized spacial score (nSPS) is 18.7. The van der Waals surface area contributed by atoms with Gasteiger partial charge < -0.3 is 19.4 Å². The third-order valence-electron chi connectivity index (χ3n) is 6.06. The minimum absolute atomic E-state index is 0.00127. The van der Waals surface area contributed by atoms with Crippen LogP contribution in [0, 0.1) is 18.7 Å². The molecule has 3 heterocycles. The van der Waals surface area contributed by atoms with Crippen LogP contribution >= 0.6 is 0 Å². The van der Waals surface area contributed by atoms with E-state index in [1.54, 1.807) is 37.0 Å². The summed E-state index contributed by atoms with van der Waals surface area (Å²) in [6.45, 7) is 5.50. The van der Waals surface area contributed by atoms with Crippen molar-refractivity contribution in [2.75, 3.05) is 6.54 Å². The summed E-state index contributed by atoms with van der Waals surface area (Å²) in [4.78, 5) is 33.0. The standard InChI is InChI=1S/C24H28FN5O5/c1-13(2)22(21-9-14(3)27-35-21)24(33)30-12-15(31)10-20(30)23(32)28-34-16-5-6-17(18(25)11-16)19-7-8-26-29(19)4/h5-9,11,13,15,20,22,31H,10,12H2,1-4H3,(H,28,32). The van der Waals surface area contributed by atoms with Gasteiger partial charge in [0.1, 0.15) is 23.5 Å². The monoisotopic (exact) mass is 485 g/mol. The number of hydroxylamine groups is 1. The Labute approximate surface area is 201 Å². The van der Waals surface area contributed by atoms with Crippen LogP contribution in [0.25, 0.3) is 11.3 Å². The van der Waals surface area contributed by atoms with Crippen LogP contribution in [0.4, 0.5) is 4.39 Å². The lowest BCUT2D eigenvalue weighted by molar-refractivity contribution is -0.143. The highest BCUT2D eigenvalue weighted by Crippen LogP contribution is 2.31. The molecule has 3 aromatic rings. The van der Waals surface area contributed by atoms with Gasteiger partial charge in [0, 0.05) is 43.9 Å². The second kappa shape index (κ2) is 9.87. The number of hydrogen-bond donors (Lipinski definition) is 2. The first-order chi connectivity index (χ1) is 16.7. The summed E-state index contributed by atoms with van der Waals surface area (Å²) in [5, 5.41) is 18.1. The van der Waals surface area contributed by atoms with Gasteiger partial charge in [0.25, 0.3) is 5.91 Å². The fourth-order valence-corrected chi connectivity index (χ4v) is 4.33. The average Bonchev–Trinajstić information content (AvgIpc) is 3.52. The van der Waals surface area contributed by atoms with E-state index in [9.17, 15) is 19.1 Å². The topological polar surface area (TPSA) is 123 Å². The zero-order chi connectivity index (χ0) is 25.3. The summed E-state index contributed by atoms with van der Waals surface area (Å²) in [7, 11) is 1.70. The molecule has 0 bridgehead atoms. The van der Waals surface area contributed by atoms with Gasteiger partial charge >= 0.3 is 0 Å². The van der Waals surface area contributed by atoms with Crippen LogP contribution < -0.4 is 10.3 Å². The van der Waals surface area contributed by atoms with E-state index in [-0.39, 0.29) is 30.5 Å². The van der Waals surface area contributed by atoms with Crippen molar-refractivity contribution in [1.29, 1.82) is 0 Å². The number of likely N-dealkylation sites (tertiary alicyclic amines) is 1. The van der Waals surface area contributed by atoms with E-state index in [0.717, 1.165) is 6.07 Å². The van der Waals surface area contributed by atoms with E-state index in [2.05, 4.69) is 15.7 Å². The zero-order valence-corrected chi connectivity index (χ0v) is 19.9. The van der Waals surface area contributed by atoms with Gasteiger partial charge in [0.05, 0.1) is 17.5 Å². The zero-order valence-electron chi connectivity index (χ0n) is 19.9. The molecule has 4 rings (SSSR count). The summed E-state index contributed by atoms with van der Waals surface area (Å²) in [6, 6.07) is 6.60. The van der Waals surface area contributed by atoms with Crippen LogP contribution in [-0.4, -0.2) is 55.4 Å². The van der Waals surface area contributed by atoms with Crippen molar-refractivity contribution in [1.82, 2.24) is 25.3 Å². The van der Waals surface area contributed by atoms with Crippen LogP contribution in [0.1, 0.15) is 37.6 Å². The molecule has 35 heavy (non-hydrogen) atoms. The first-order valence-electron chi connectivity index (χ1n) is 11.3. The van der Waals surface area contributed by atoms with Crippen LogP contribution in [0.2, 0.25) is 0 Å². The fraction of sp³-hybridized carbons (Fsp3) is 0.417. The number of rotatable bonds is 7. The molecule has 10 nitrogen and oxygen atoms in total. The molecule has 1 aliphatic rings. The molecule has 1 aromatic carbocycles. The lowest BCUT2D eigenvalue weighted by Gasteiger charge is -2.28. The molecule has 0 saturated carbocycles. The van der Waals surface area contributed by atoms with E-state index < -0.39 is 29.8 Å². The number of aromatic nitrogens is 3. The number of halogens is 1. The number of carbonyl (C=O) groups excluding carboxylic acids is 2. The van der Waals surface area contributed by atoms with Crippen molar-refractivity contribution in [3.05, 3.63) is 53.8 Å². The lowest BCUT2D eigenvalue weighted by Crippen LogP contribution is -2.48. The molecule has 2 amide bonds. The van der Waals surface area contributed by atoms with Gasteiger partial charge in [0.15, 0.2) is 5.75 Å². The molecular formula is C24H28FN5O5. The van der Waals surface area contributed by atoms with Crippen molar-refractivity contribution in [2.45, 2.75) is 45.3 Å². The molecule has 0 radical (unpaired) electrons. The van der Waals surface area contributed by atoms with Crippen LogP contribution in [0.3, 0.4) is 0 Å². The first kappa shape index (κ1) is 24.4. The maximum Gasteiger partial charge on any atom is 0.275 e. The summed E-state index contributed by atoms with van der Waals surface area (Å²) in [6.07, 6.45) is 0.750. The van der Waals surface area contributed by atoms with Crippen molar-refractivity contribution in [3.8, 4) is 17.0 Å². The minimum Gasteiger partial charge on any atom is -0.391 e. The predicted octanol–water partition coefficient (Wildman–Crippen LogP) is 2.33. The SMILES string of the molecule is Cc1cc(C(C(=O)N2CC(O)CC2C(=O)NOc2ccc(-c3ccnn3C)c(F)c2)C(C)C)on1. The number of aliphatic hydroxyl groups is 1. The predicted molar refractivity (Wildman–Crippen MR) is 122 cm³/mol. The molecule has 0 spiro atoms. The molecule has 0 aliphatic carbocycles. The molecule has 3 unspecified atom stereocenters. The second-order valence-electron chi connectivity index (χ2n) is 9.04. The van der Waals surface area contributed by atoms with Crippen LogP contribution in [-0.2, 0) is 16.6 Å². The van der Waals surface area contributed by atoms with Gasteiger partial charge in [-0.05, 0) is 31.0 Å². The number of hydrogen-bond acceptors (Lipinski definition) is 7. The summed E-state index contributed by atoms with van der Waals surface area (Å²) >= 11 is 0. The number of aryl methyl sites for hydroxylation is 2. The molecule has 186 valence electrons. The van der Waals surface area contributed by atoms with Gasteiger partial charge in [-0.3, -0.25) is 14.3 Å². The van der Waals surface area contributed by atoms with Gasteiger partial charge in [0.2, 0.25) is 5.91 Å². The van der Waals surface area contributed by atoms with Gasteiger partial charge in [-0.2, -0.15) is 10.6 Å². The molecule has 1 saturated heterocycles. The smallest absolute Gasteiger partial charge is 0.275 e. The van der Waals surface area contributed by atoms with Crippen molar-refractivity contribution >= 4 is 11.8 Å². The molecule has 1 aliphatic heterocycles. The average molecular weight is 486 g/mol. The maximum absolute atomic E-state index is 14.6. The van der Waals surface area contributed by atoms with E-state index in [1.807, 2.05) is 13.8 Å². The van der Waals surface area contributed by atoms with Gasteiger partial charge in [-0.15, -0.1) is 0 Å². The summed E-state index contributed by atoms with van der Waals surface area (Å²) in [5.41, 5.74) is 3.86. The number of carbonyl (C=O) groups is 2. The van der Waals surface area contributed by atoms with Crippen molar-refractivity contribution < 1.29 is 28.4 Å². The van der Waals surface area contributed by atoms with Crippen molar-refractivity contribution in [2.24, 2.45) is 13.0 Å². The number of aliphatic hydroxyl groups excluding tert-OH is 1. The van der Waals surface area contributed by atoms with E-state index >= 15 is 0 Å². The Morgan fingerprint density at radius 1 is 1.29 bits per heavy atom. The minimum atomic E-state index is -0.957. The largest absolute Gasteiger partial charge is 0.391 e. The number of nitrogens with one attached hydrogen (secondary N) is 1. The third-order valence-corrected chi connectivity index (χ3v) is 6.06. The number of benzene rings is 1. The lowest BCUT2D eigenvalue weighted by atomic mass is 9.91. The molecule has 1 fully saturated rings. The van der Waals surface area contributed by atoms with E-state index in [0.29, 0.717) is 22.7 Å². The van der Waals surface area contributed by atoms with E-state index in [4.69, 9.17) is 9.36 Å². The Kier molecular flexibility index (Phi) is 6.88. The van der Waals surface area contributed by atoms with E-state index in [1.165, 1.54) is 17.0 Å². The Morgan fingerprint density at radius 3 is 2.66 bits per heavy atom. The summed E-state index contributed by atoms with van der Waals surface area (Å²) < 4.78 is 21.5. The third kappa shape index (κ3) is 5.04. The van der Waals surface area contributed by atoms with Crippen molar-refractivity contribution in [3.63, 3.8) is 0 Å².